The Labute approximate surface area is 214 Å². The van der Waals surface area contributed by atoms with Crippen molar-refractivity contribution < 1.29 is 28.5 Å². The average Bonchev–Trinajstić information content (AvgIpc) is 2.83. The van der Waals surface area contributed by atoms with Crippen LogP contribution in [0.3, 0.4) is 0 Å². The molecule has 0 N–H and O–H groups in total. The second kappa shape index (κ2) is 11.9. The number of hydrogen-bond donors (Lipinski definition) is 0. The van der Waals surface area contributed by atoms with Crippen molar-refractivity contribution in [3.05, 3.63) is 0 Å². The highest BCUT2D eigenvalue weighted by molar-refractivity contribution is 5.81. The number of Topliss-reactive ketones (excluding diaryl/α,β-unsaturated/α-hetero) is 1. The number of hydrogen-bond acceptors (Lipinski definition) is 6. The van der Waals surface area contributed by atoms with Crippen molar-refractivity contribution in [3.8, 4) is 0 Å². The highest BCUT2D eigenvalue weighted by Gasteiger charge is 2.50. The van der Waals surface area contributed by atoms with Gasteiger partial charge in [-0.3, -0.25) is 4.79 Å². The molecule has 204 valence electrons. The smallest absolute Gasteiger partial charge is 0.162 e. The van der Waals surface area contributed by atoms with Crippen LogP contribution < -0.4 is 0 Å². The van der Waals surface area contributed by atoms with Gasteiger partial charge in [0.2, 0.25) is 0 Å². The molecular formula is C29H52O6. The van der Waals surface area contributed by atoms with Gasteiger partial charge in [-0.2, -0.15) is 0 Å². The maximum atomic E-state index is 12.8. The molecule has 0 radical (unpaired) electrons. The lowest BCUT2D eigenvalue weighted by Crippen LogP contribution is -2.59. The Morgan fingerprint density at radius 3 is 1.69 bits per heavy atom. The van der Waals surface area contributed by atoms with Crippen LogP contribution in [0, 0.1) is 41.4 Å². The first-order valence-corrected chi connectivity index (χ1v) is 14.2. The fraction of sp³-hybridized carbons (Fsp3) is 0.966. The van der Waals surface area contributed by atoms with Gasteiger partial charge in [0, 0.05) is 11.8 Å². The minimum Gasteiger partial charge on any atom is -0.372 e. The zero-order valence-electron chi connectivity index (χ0n) is 24.0. The number of carbonyl (C=O) groups is 1. The quantitative estimate of drug-likeness (QED) is 0.440. The molecule has 0 aromatic rings. The molecule has 35 heavy (non-hydrogen) atoms. The van der Waals surface area contributed by atoms with Crippen LogP contribution in [0.1, 0.15) is 89.0 Å². The van der Waals surface area contributed by atoms with Crippen LogP contribution in [0.4, 0.5) is 0 Å². The molecule has 0 amide bonds. The van der Waals surface area contributed by atoms with E-state index in [2.05, 4.69) is 69.2 Å². The first-order valence-electron chi connectivity index (χ1n) is 14.2. The molecule has 3 aliphatic rings. The standard InChI is InChI=1S/C29H52O6/c1-12-23-16(5)14(3)19(8)28(32-23)34-26-18(7)20(9)29(35-27(26)21(10)30)33-25-17(6)15(4)22(11)31-24(25)13-2/h14-20,22-29H,12-13H2,1-11H3/t14-,15?,16-,17+,18-,19?,20?,22?,23?,24?,25-,26-,27?,28-,29+/m0/s1. The van der Waals surface area contributed by atoms with E-state index in [1.165, 1.54) is 0 Å². The van der Waals surface area contributed by atoms with Gasteiger partial charge in [-0.1, -0.05) is 62.3 Å². The Bertz CT molecular complexity index is 695. The Morgan fingerprint density at radius 1 is 0.600 bits per heavy atom. The van der Waals surface area contributed by atoms with E-state index < -0.39 is 12.4 Å². The molecule has 3 saturated heterocycles. The topological polar surface area (TPSA) is 63.2 Å². The van der Waals surface area contributed by atoms with E-state index in [9.17, 15) is 4.79 Å². The van der Waals surface area contributed by atoms with Gasteiger partial charge >= 0.3 is 0 Å². The molecule has 6 nitrogen and oxygen atoms in total. The molecule has 3 heterocycles. The van der Waals surface area contributed by atoms with Gasteiger partial charge in [0.25, 0.3) is 0 Å². The summed E-state index contributed by atoms with van der Waals surface area (Å²) in [7, 11) is 0. The van der Waals surface area contributed by atoms with Crippen LogP contribution in [0.15, 0.2) is 0 Å². The van der Waals surface area contributed by atoms with Gasteiger partial charge in [-0.25, -0.2) is 0 Å². The normalized spacial score (nSPS) is 51.2. The van der Waals surface area contributed by atoms with Crippen molar-refractivity contribution in [1.29, 1.82) is 0 Å². The molecule has 0 bridgehead atoms. The van der Waals surface area contributed by atoms with Crippen molar-refractivity contribution in [3.63, 3.8) is 0 Å². The summed E-state index contributed by atoms with van der Waals surface area (Å²) in [6.45, 7) is 23.6. The zero-order chi connectivity index (χ0) is 26.2. The van der Waals surface area contributed by atoms with E-state index in [4.69, 9.17) is 23.7 Å². The molecule has 0 aliphatic carbocycles. The minimum atomic E-state index is -0.673. The summed E-state index contributed by atoms with van der Waals surface area (Å²) >= 11 is 0. The Balaban J connectivity index is 1.77. The molecule has 6 heteroatoms. The predicted molar refractivity (Wildman–Crippen MR) is 137 cm³/mol. The molecule has 3 rings (SSSR count). The van der Waals surface area contributed by atoms with E-state index in [0.29, 0.717) is 23.7 Å². The maximum Gasteiger partial charge on any atom is 0.162 e. The summed E-state index contributed by atoms with van der Waals surface area (Å²) in [5.41, 5.74) is 0. The van der Waals surface area contributed by atoms with Gasteiger partial charge in [-0.15, -0.1) is 0 Å². The number of ether oxygens (including phenoxy) is 5. The molecule has 0 saturated carbocycles. The first kappa shape index (κ1) is 29.0. The fourth-order valence-corrected chi connectivity index (χ4v) is 6.35. The highest BCUT2D eigenvalue weighted by atomic mass is 16.7. The van der Waals surface area contributed by atoms with Crippen molar-refractivity contribution >= 4 is 5.78 Å². The third-order valence-corrected chi connectivity index (χ3v) is 9.97. The van der Waals surface area contributed by atoms with Crippen LogP contribution >= 0.6 is 0 Å². The average molecular weight is 497 g/mol. The first-order chi connectivity index (χ1) is 16.4. The summed E-state index contributed by atoms with van der Waals surface area (Å²) in [6, 6.07) is 0. The summed E-state index contributed by atoms with van der Waals surface area (Å²) in [5.74, 6) is 2.03. The largest absolute Gasteiger partial charge is 0.372 e. The van der Waals surface area contributed by atoms with Gasteiger partial charge in [0.15, 0.2) is 18.4 Å². The second-order valence-corrected chi connectivity index (χ2v) is 12.0. The van der Waals surface area contributed by atoms with Crippen molar-refractivity contribution in [2.24, 2.45) is 41.4 Å². The van der Waals surface area contributed by atoms with E-state index in [1.807, 2.05) is 0 Å². The van der Waals surface area contributed by atoms with E-state index >= 15 is 0 Å². The van der Waals surface area contributed by atoms with Crippen LogP contribution in [0.5, 0.6) is 0 Å². The predicted octanol–water partition coefficient (Wildman–Crippen LogP) is 5.86. The molecule has 3 fully saturated rings. The molecule has 15 atom stereocenters. The van der Waals surface area contributed by atoms with Crippen LogP contribution in [-0.4, -0.2) is 55.0 Å². The monoisotopic (exact) mass is 496 g/mol. The molecule has 0 aromatic heterocycles. The summed E-state index contributed by atoms with van der Waals surface area (Å²) in [6.07, 6.45) is 0.314. The van der Waals surface area contributed by atoms with Crippen molar-refractivity contribution in [1.82, 2.24) is 0 Å². The molecule has 3 aliphatic heterocycles. The van der Waals surface area contributed by atoms with Crippen molar-refractivity contribution in [2.75, 3.05) is 0 Å². The Hall–Kier alpha value is -0.530. The molecule has 0 spiro atoms. The lowest BCUT2D eigenvalue weighted by Gasteiger charge is -2.50. The van der Waals surface area contributed by atoms with Crippen LogP contribution in [0.25, 0.3) is 0 Å². The highest BCUT2D eigenvalue weighted by Crippen LogP contribution is 2.42. The third-order valence-electron chi connectivity index (χ3n) is 9.97. The number of ketones is 1. The van der Waals surface area contributed by atoms with E-state index in [-0.39, 0.29) is 60.3 Å². The second-order valence-electron chi connectivity index (χ2n) is 12.0. The number of rotatable bonds is 7. The van der Waals surface area contributed by atoms with Gasteiger partial charge in [0.1, 0.15) is 6.10 Å². The Morgan fingerprint density at radius 2 is 1.11 bits per heavy atom. The van der Waals surface area contributed by atoms with Gasteiger partial charge < -0.3 is 23.7 Å². The lowest BCUT2D eigenvalue weighted by molar-refractivity contribution is -0.333. The SMILES string of the molecule is CCC1O[C@@H](O[C@@H]2C(C(C)=O)O[C@@H](O[C@@H]3C(CC)OC(C)C(C)[C@H]3C)C(C)[C@@H]2C)C(C)[C@@H](C)[C@@H]1C. The molecule has 0 aromatic carbocycles. The minimum absolute atomic E-state index is 0.0259. The van der Waals surface area contributed by atoms with Gasteiger partial charge in [-0.05, 0) is 56.3 Å². The third kappa shape index (κ3) is 5.82. The Kier molecular flexibility index (Phi) is 9.87. The zero-order valence-corrected chi connectivity index (χ0v) is 24.0. The van der Waals surface area contributed by atoms with Crippen LogP contribution in [0.2, 0.25) is 0 Å². The molecule has 7 unspecified atom stereocenters. The van der Waals surface area contributed by atoms with Gasteiger partial charge in [0.05, 0.1) is 30.5 Å². The summed E-state index contributed by atoms with van der Waals surface area (Å²) < 4.78 is 32.4. The number of carbonyl (C=O) groups excluding carboxylic acids is 1. The fourth-order valence-electron chi connectivity index (χ4n) is 6.35. The summed E-state index contributed by atoms with van der Waals surface area (Å²) in [5, 5.41) is 0. The van der Waals surface area contributed by atoms with Crippen LogP contribution in [-0.2, 0) is 28.5 Å². The maximum absolute atomic E-state index is 12.8. The lowest BCUT2D eigenvalue weighted by atomic mass is 9.78. The van der Waals surface area contributed by atoms with Crippen molar-refractivity contribution in [2.45, 2.75) is 138 Å². The van der Waals surface area contributed by atoms with E-state index in [1.54, 1.807) is 6.92 Å². The molecular weight excluding hydrogens is 444 g/mol. The summed E-state index contributed by atoms with van der Waals surface area (Å²) in [4.78, 5) is 12.8. The van der Waals surface area contributed by atoms with E-state index in [0.717, 1.165) is 12.8 Å².